The van der Waals surface area contributed by atoms with Crippen molar-refractivity contribution in [1.29, 1.82) is 0 Å². The summed E-state index contributed by atoms with van der Waals surface area (Å²) in [4.78, 5) is 32.4. The molecule has 0 saturated carbocycles. The van der Waals surface area contributed by atoms with Crippen LogP contribution in [-0.2, 0) is 22.7 Å². The number of hydrogen-bond donors (Lipinski definition) is 1. The maximum atomic E-state index is 13.2. The van der Waals surface area contributed by atoms with E-state index in [1.165, 1.54) is 17.8 Å². The van der Waals surface area contributed by atoms with Gasteiger partial charge in [-0.15, -0.1) is 17.0 Å². The van der Waals surface area contributed by atoms with Crippen LogP contribution in [0.15, 0.2) is 101 Å². The van der Waals surface area contributed by atoms with Crippen LogP contribution in [-0.4, -0.2) is 29.0 Å². The number of thioether (sulfide) groups is 1. The third-order valence-corrected chi connectivity index (χ3v) is 5.98. The molecule has 8 heteroatoms. The average molecular weight is 538 g/mol. The number of amidine groups is 1. The van der Waals surface area contributed by atoms with Crippen LogP contribution >= 0.6 is 28.7 Å². The number of methoxy groups -OCH3 is 1. The monoisotopic (exact) mass is 537 g/mol. The lowest BCUT2D eigenvalue weighted by Crippen LogP contribution is -2.29. The molecule has 0 spiro atoms. The highest BCUT2D eigenvalue weighted by atomic mass is 79.9. The molecular weight excluding hydrogens is 514 g/mol. The number of amides is 2. The third kappa shape index (κ3) is 6.59. The highest BCUT2D eigenvalue weighted by Crippen LogP contribution is 2.32. The molecule has 1 saturated heterocycles. The van der Waals surface area contributed by atoms with Gasteiger partial charge in [-0.1, -0.05) is 60.7 Å². The summed E-state index contributed by atoms with van der Waals surface area (Å²) < 4.78 is 5.13. The van der Waals surface area contributed by atoms with Gasteiger partial charge >= 0.3 is 0 Å². The zero-order chi connectivity index (χ0) is 23.0. The van der Waals surface area contributed by atoms with Crippen LogP contribution in [0.5, 0.6) is 5.75 Å². The van der Waals surface area contributed by atoms with Gasteiger partial charge in [0.15, 0.2) is 5.17 Å². The van der Waals surface area contributed by atoms with Gasteiger partial charge in [-0.3, -0.25) is 19.5 Å². The molecule has 0 unspecified atom stereocenters. The van der Waals surface area contributed by atoms with Crippen molar-refractivity contribution in [2.45, 2.75) is 13.1 Å². The summed E-state index contributed by atoms with van der Waals surface area (Å²) in [6.07, 6.45) is 1.33. The molecule has 0 aliphatic carbocycles. The topological polar surface area (TPSA) is 71.0 Å². The second kappa shape index (κ2) is 12.2. The molecule has 0 bridgehead atoms. The van der Waals surface area contributed by atoms with Crippen LogP contribution < -0.4 is 10.1 Å². The van der Waals surface area contributed by atoms with Gasteiger partial charge in [0, 0.05) is 11.8 Å². The Kier molecular flexibility index (Phi) is 9.07. The van der Waals surface area contributed by atoms with Crippen LogP contribution in [0.4, 0.5) is 5.69 Å². The van der Waals surface area contributed by atoms with Crippen molar-refractivity contribution in [1.82, 2.24) is 4.90 Å². The summed E-state index contributed by atoms with van der Waals surface area (Å²) in [6.45, 7) is 0.838. The second-order valence-corrected chi connectivity index (χ2v) is 8.30. The molecule has 2 amide bonds. The predicted molar refractivity (Wildman–Crippen MR) is 142 cm³/mol. The van der Waals surface area contributed by atoms with Gasteiger partial charge in [0.2, 0.25) is 5.91 Å². The Morgan fingerprint density at radius 3 is 2.21 bits per heavy atom. The molecule has 0 radical (unpaired) electrons. The summed E-state index contributed by atoms with van der Waals surface area (Å²) in [5, 5.41) is 3.36. The van der Waals surface area contributed by atoms with Gasteiger partial charge in [0.25, 0.3) is 5.91 Å². The number of carbonyl (C=O) groups excluding carboxylic acids is 2. The highest BCUT2D eigenvalue weighted by Gasteiger charge is 2.33. The molecule has 3 aromatic rings. The molecule has 6 nitrogen and oxygen atoms in total. The first-order valence-electron chi connectivity index (χ1n) is 10.4. The minimum absolute atomic E-state index is 0. The first kappa shape index (κ1) is 25.3. The summed E-state index contributed by atoms with van der Waals surface area (Å²) in [5.74, 6) is 0.0873. The van der Waals surface area contributed by atoms with Gasteiger partial charge in [0.1, 0.15) is 5.75 Å². The van der Waals surface area contributed by atoms with E-state index in [1.54, 1.807) is 36.3 Å². The Bertz CT molecular complexity index is 1180. The Labute approximate surface area is 213 Å². The Hall–Kier alpha value is -3.36. The van der Waals surface area contributed by atoms with Crippen molar-refractivity contribution in [3.63, 3.8) is 0 Å². The smallest absolute Gasteiger partial charge is 0.267 e. The number of nitrogens with zero attached hydrogens (tertiary/aromatic N) is 2. The third-order valence-electron chi connectivity index (χ3n) is 4.93. The lowest BCUT2D eigenvalue weighted by Gasteiger charge is -2.15. The van der Waals surface area contributed by atoms with E-state index in [-0.39, 0.29) is 28.8 Å². The van der Waals surface area contributed by atoms with E-state index in [2.05, 4.69) is 10.3 Å². The van der Waals surface area contributed by atoms with Gasteiger partial charge < -0.3 is 10.1 Å². The van der Waals surface area contributed by atoms with Crippen molar-refractivity contribution in [3.05, 3.63) is 107 Å². The highest BCUT2D eigenvalue weighted by molar-refractivity contribution is 8.93. The molecule has 34 heavy (non-hydrogen) atoms. The molecule has 4 rings (SSSR count). The summed E-state index contributed by atoms with van der Waals surface area (Å²) in [6, 6.07) is 26.6. The van der Waals surface area contributed by atoms with Crippen LogP contribution in [0.1, 0.15) is 11.1 Å². The zero-order valence-corrected chi connectivity index (χ0v) is 21.0. The van der Waals surface area contributed by atoms with Crippen molar-refractivity contribution in [2.24, 2.45) is 4.99 Å². The number of benzene rings is 3. The predicted octanol–water partition coefficient (Wildman–Crippen LogP) is 5.43. The Morgan fingerprint density at radius 2 is 1.59 bits per heavy atom. The van der Waals surface area contributed by atoms with Crippen molar-refractivity contribution in [3.8, 4) is 5.75 Å². The van der Waals surface area contributed by atoms with Gasteiger partial charge in [-0.2, -0.15) is 0 Å². The fraction of sp³-hybridized carbons (Fsp3) is 0.115. The molecule has 1 aliphatic heterocycles. The summed E-state index contributed by atoms with van der Waals surface area (Å²) >= 11 is 1.22. The number of ether oxygens (including phenoxy) is 1. The summed E-state index contributed by atoms with van der Waals surface area (Å²) in [5.41, 5.74) is 2.65. The lowest BCUT2D eigenvalue weighted by molar-refractivity contribution is -0.123. The SMILES string of the molecule is Br.COc1ccc(NC(=O)/C=C2\SC(=NCc3ccccc3)N(Cc3ccccc3)C2=O)cc1. The maximum Gasteiger partial charge on any atom is 0.267 e. The normalized spacial score (nSPS) is 15.3. The number of hydrogen-bond acceptors (Lipinski definition) is 5. The van der Waals surface area contributed by atoms with E-state index in [1.807, 2.05) is 60.7 Å². The quantitative estimate of drug-likeness (QED) is 0.408. The molecule has 0 aromatic heterocycles. The number of carbonyl (C=O) groups is 2. The van der Waals surface area contributed by atoms with E-state index in [9.17, 15) is 9.59 Å². The van der Waals surface area contributed by atoms with E-state index < -0.39 is 0 Å². The first-order chi connectivity index (χ1) is 16.1. The number of anilines is 1. The average Bonchev–Trinajstić information content (AvgIpc) is 3.13. The van der Waals surface area contributed by atoms with E-state index in [4.69, 9.17) is 4.74 Å². The second-order valence-electron chi connectivity index (χ2n) is 7.29. The number of rotatable bonds is 7. The fourth-order valence-corrected chi connectivity index (χ4v) is 4.19. The fourth-order valence-electron chi connectivity index (χ4n) is 3.25. The van der Waals surface area contributed by atoms with E-state index in [0.29, 0.717) is 34.6 Å². The zero-order valence-electron chi connectivity index (χ0n) is 18.5. The van der Waals surface area contributed by atoms with Crippen LogP contribution in [0.2, 0.25) is 0 Å². The first-order valence-corrected chi connectivity index (χ1v) is 11.2. The minimum atomic E-state index is -0.375. The maximum absolute atomic E-state index is 13.2. The van der Waals surface area contributed by atoms with Crippen LogP contribution in [0.3, 0.4) is 0 Å². The van der Waals surface area contributed by atoms with E-state index >= 15 is 0 Å². The number of nitrogens with one attached hydrogen (secondary N) is 1. The van der Waals surface area contributed by atoms with Crippen molar-refractivity contribution < 1.29 is 14.3 Å². The van der Waals surface area contributed by atoms with Gasteiger partial charge in [-0.05, 0) is 47.2 Å². The van der Waals surface area contributed by atoms with Gasteiger partial charge in [0.05, 0.1) is 25.1 Å². The number of halogens is 1. The van der Waals surface area contributed by atoms with Crippen LogP contribution in [0.25, 0.3) is 0 Å². The largest absolute Gasteiger partial charge is 0.497 e. The summed E-state index contributed by atoms with van der Waals surface area (Å²) in [7, 11) is 1.58. The van der Waals surface area contributed by atoms with Crippen molar-refractivity contribution >= 4 is 51.4 Å². The Morgan fingerprint density at radius 1 is 0.971 bits per heavy atom. The molecule has 174 valence electrons. The molecule has 1 fully saturated rings. The molecule has 0 atom stereocenters. The van der Waals surface area contributed by atoms with Crippen LogP contribution in [0, 0.1) is 0 Å². The Balaban J connectivity index is 0.00000324. The standard InChI is InChI=1S/C26H23N3O3S.BrH/c1-32-22-14-12-21(13-15-22)28-24(30)16-23-25(31)29(18-20-10-6-3-7-11-20)26(33-23)27-17-19-8-4-2-5-9-19;/h2-16H,17-18H2,1H3,(H,28,30);1H/b23-16-,27-26?;. The minimum Gasteiger partial charge on any atom is -0.497 e. The molecule has 3 aromatic carbocycles. The molecule has 1 N–H and O–H groups in total. The lowest BCUT2D eigenvalue weighted by atomic mass is 10.2. The molecule has 1 aliphatic rings. The molecule has 1 heterocycles. The van der Waals surface area contributed by atoms with Gasteiger partial charge in [-0.25, -0.2) is 0 Å². The van der Waals surface area contributed by atoms with E-state index in [0.717, 1.165) is 11.1 Å². The van der Waals surface area contributed by atoms with Crippen molar-refractivity contribution in [2.75, 3.05) is 12.4 Å². The number of aliphatic imine (C=N–C) groups is 1. The molecular formula is C26H24BrN3O3S.